The fraction of sp³-hybridized carbons (Fsp3) is 0. The fourth-order valence-electron chi connectivity index (χ4n) is 4.74. The van der Waals surface area contributed by atoms with E-state index in [9.17, 15) is 0 Å². The van der Waals surface area contributed by atoms with Crippen molar-refractivity contribution in [1.29, 1.82) is 0 Å². The minimum Gasteiger partial charge on any atom is -0.309 e. The number of benzene rings is 5. The molecule has 2 nitrogen and oxygen atoms in total. The molecule has 0 unspecified atom stereocenters. The van der Waals surface area contributed by atoms with Gasteiger partial charge >= 0.3 is 0 Å². The largest absolute Gasteiger partial charge is 0.309 e. The number of para-hydroxylation sites is 1. The first-order chi connectivity index (χ1) is 15.9. The predicted octanol–water partition coefficient (Wildman–Crippen LogP) is 8.21. The highest BCUT2D eigenvalue weighted by Crippen LogP contribution is 2.41. The van der Waals surface area contributed by atoms with Gasteiger partial charge in [-0.2, -0.15) is 0 Å². The Balaban J connectivity index is 1.57. The quantitative estimate of drug-likeness (QED) is 0.272. The van der Waals surface area contributed by atoms with E-state index < -0.39 is 0 Å². The molecule has 0 radical (unpaired) electrons. The Morgan fingerprint density at radius 2 is 1.41 bits per heavy atom. The van der Waals surface area contributed by atoms with E-state index in [1.807, 2.05) is 6.07 Å². The van der Waals surface area contributed by atoms with Crippen molar-refractivity contribution in [3.05, 3.63) is 109 Å². The lowest BCUT2D eigenvalue weighted by molar-refractivity contribution is 1.19. The van der Waals surface area contributed by atoms with E-state index in [0.29, 0.717) is 0 Å². The van der Waals surface area contributed by atoms with Gasteiger partial charge in [-0.1, -0.05) is 78.9 Å². The Hall–Kier alpha value is -3.95. The van der Waals surface area contributed by atoms with Gasteiger partial charge in [-0.15, -0.1) is 11.3 Å². The van der Waals surface area contributed by atoms with Crippen molar-refractivity contribution in [3.63, 3.8) is 0 Å². The van der Waals surface area contributed by atoms with Crippen molar-refractivity contribution >= 4 is 54.1 Å². The Bertz CT molecular complexity index is 1770. The molecule has 7 aromatic rings. The molecule has 2 aromatic heterocycles. The summed E-state index contributed by atoms with van der Waals surface area (Å²) < 4.78 is 3.63. The molecule has 2 heterocycles. The van der Waals surface area contributed by atoms with E-state index in [1.165, 1.54) is 48.5 Å². The summed E-state index contributed by atoms with van der Waals surface area (Å²) in [5.74, 6) is 0. The van der Waals surface area contributed by atoms with Gasteiger partial charge in [0.05, 0.1) is 21.3 Å². The predicted molar refractivity (Wildman–Crippen MR) is 137 cm³/mol. The maximum absolute atomic E-state index is 4.97. The normalized spacial score (nSPS) is 11.8. The molecule has 0 aliphatic rings. The molecule has 0 spiro atoms. The minimum atomic E-state index is 1.06. The van der Waals surface area contributed by atoms with Crippen LogP contribution in [0.2, 0.25) is 0 Å². The number of thiazole rings is 1. The highest BCUT2D eigenvalue weighted by atomic mass is 32.1. The van der Waals surface area contributed by atoms with E-state index in [0.717, 1.165) is 10.5 Å². The summed E-state index contributed by atoms with van der Waals surface area (Å²) in [5, 5.41) is 6.13. The second-order valence-corrected chi connectivity index (χ2v) is 9.08. The number of fused-ring (bicyclic) bond motifs is 6. The number of aromatic nitrogens is 2. The Kier molecular flexibility index (Phi) is 3.75. The van der Waals surface area contributed by atoms with E-state index >= 15 is 0 Å². The highest BCUT2D eigenvalue weighted by Gasteiger charge is 2.17. The lowest BCUT2D eigenvalue weighted by Crippen LogP contribution is -1.93. The standard InChI is InChI=1S/C29H18N2S/c1-2-9-20(10-3-1)29-30-24-16-17-26-27(28(24)32-29)23-12-6-7-13-25(23)31(26)22-15-14-19-8-4-5-11-21(19)18-22/h1-18H. The molecule has 0 bridgehead atoms. The van der Waals surface area contributed by atoms with Crippen LogP contribution in [0, 0.1) is 0 Å². The van der Waals surface area contributed by atoms with Crippen molar-refractivity contribution < 1.29 is 0 Å². The second-order valence-electron chi connectivity index (χ2n) is 8.08. The van der Waals surface area contributed by atoms with Crippen LogP contribution in [0.25, 0.3) is 59.1 Å². The van der Waals surface area contributed by atoms with Crippen molar-refractivity contribution in [2.24, 2.45) is 0 Å². The molecule has 0 saturated carbocycles. The zero-order valence-corrected chi connectivity index (χ0v) is 18.0. The number of hydrogen-bond acceptors (Lipinski definition) is 2. The summed E-state index contributed by atoms with van der Waals surface area (Å²) in [6, 6.07) is 38.8. The number of hydrogen-bond donors (Lipinski definition) is 0. The first-order valence-corrected chi connectivity index (χ1v) is 11.6. The lowest BCUT2D eigenvalue weighted by atomic mass is 10.1. The zero-order chi connectivity index (χ0) is 21.1. The van der Waals surface area contributed by atoms with E-state index in [4.69, 9.17) is 4.98 Å². The van der Waals surface area contributed by atoms with Gasteiger partial charge in [-0.25, -0.2) is 4.98 Å². The number of nitrogens with zero attached hydrogens (tertiary/aromatic N) is 2. The maximum atomic E-state index is 4.97. The van der Waals surface area contributed by atoms with Crippen molar-refractivity contribution in [3.8, 4) is 16.3 Å². The van der Waals surface area contributed by atoms with Gasteiger partial charge in [0.15, 0.2) is 0 Å². The van der Waals surface area contributed by atoms with Crippen molar-refractivity contribution in [1.82, 2.24) is 9.55 Å². The van der Waals surface area contributed by atoms with Crippen LogP contribution in [-0.2, 0) is 0 Å². The van der Waals surface area contributed by atoms with Crippen LogP contribution >= 0.6 is 11.3 Å². The van der Waals surface area contributed by atoms with Gasteiger partial charge in [-0.05, 0) is 41.1 Å². The average molecular weight is 427 g/mol. The molecule has 0 amide bonds. The summed E-state index contributed by atoms with van der Waals surface area (Å²) in [4.78, 5) is 4.97. The van der Waals surface area contributed by atoms with Gasteiger partial charge in [0.1, 0.15) is 5.01 Å². The molecule has 5 aromatic carbocycles. The van der Waals surface area contributed by atoms with Gasteiger partial charge < -0.3 is 4.57 Å². The van der Waals surface area contributed by atoms with Crippen molar-refractivity contribution in [2.75, 3.05) is 0 Å². The third-order valence-corrected chi connectivity index (χ3v) is 7.34. The van der Waals surface area contributed by atoms with E-state index in [-0.39, 0.29) is 0 Å². The second kappa shape index (κ2) is 6.78. The van der Waals surface area contributed by atoms with Crippen LogP contribution in [0.4, 0.5) is 0 Å². The average Bonchev–Trinajstić information content (AvgIpc) is 3.43. The smallest absolute Gasteiger partial charge is 0.124 e. The third-order valence-electron chi connectivity index (χ3n) is 6.20. The van der Waals surface area contributed by atoms with Gasteiger partial charge in [0.25, 0.3) is 0 Å². The maximum Gasteiger partial charge on any atom is 0.124 e. The third kappa shape index (κ3) is 2.55. The Labute approximate surface area is 189 Å². The number of rotatable bonds is 2. The Morgan fingerprint density at radius 3 is 2.31 bits per heavy atom. The molecular weight excluding hydrogens is 408 g/mol. The van der Waals surface area contributed by atoms with Crippen LogP contribution in [0.5, 0.6) is 0 Å². The fourth-order valence-corrected chi connectivity index (χ4v) is 5.86. The van der Waals surface area contributed by atoms with Crippen LogP contribution in [0.15, 0.2) is 109 Å². The van der Waals surface area contributed by atoms with Crippen molar-refractivity contribution in [2.45, 2.75) is 0 Å². The first-order valence-electron chi connectivity index (χ1n) is 10.7. The summed E-state index contributed by atoms with van der Waals surface area (Å²) >= 11 is 1.78. The van der Waals surface area contributed by atoms with E-state index in [1.54, 1.807) is 11.3 Å². The summed E-state index contributed by atoms with van der Waals surface area (Å²) in [5.41, 5.74) is 5.85. The van der Waals surface area contributed by atoms with Gasteiger partial charge in [-0.3, -0.25) is 0 Å². The molecular formula is C29H18N2S. The summed E-state index contributed by atoms with van der Waals surface area (Å²) in [6.07, 6.45) is 0. The molecule has 0 fully saturated rings. The molecule has 32 heavy (non-hydrogen) atoms. The zero-order valence-electron chi connectivity index (χ0n) is 17.2. The van der Waals surface area contributed by atoms with Gasteiger partial charge in [0, 0.05) is 22.0 Å². The summed E-state index contributed by atoms with van der Waals surface area (Å²) in [7, 11) is 0. The van der Waals surface area contributed by atoms with Crippen LogP contribution in [-0.4, -0.2) is 9.55 Å². The molecule has 0 aliphatic carbocycles. The highest BCUT2D eigenvalue weighted by molar-refractivity contribution is 7.22. The topological polar surface area (TPSA) is 17.8 Å². The van der Waals surface area contributed by atoms with E-state index in [2.05, 4.69) is 108 Å². The van der Waals surface area contributed by atoms with Crippen LogP contribution in [0.3, 0.4) is 0 Å². The minimum absolute atomic E-state index is 1.06. The van der Waals surface area contributed by atoms with Gasteiger partial charge in [0.2, 0.25) is 0 Å². The SMILES string of the molecule is c1ccc(-c2nc3ccc4c(c5ccccc5n4-c4ccc5ccccc5c4)c3s2)cc1. The molecule has 7 rings (SSSR count). The Morgan fingerprint density at radius 1 is 0.625 bits per heavy atom. The molecule has 3 heteroatoms. The molecule has 0 N–H and O–H groups in total. The molecule has 0 aliphatic heterocycles. The summed E-state index contributed by atoms with van der Waals surface area (Å²) in [6.45, 7) is 0. The lowest BCUT2D eigenvalue weighted by Gasteiger charge is -2.09. The monoisotopic (exact) mass is 426 g/mol. The van der Waals surface area contributed by atoms with Crippen LogP contribution < -0.4 is 0 Å². The molecule has 0 atom stereocenters. The first kappa shape index (κ1) is 17.7. The van der Waals surface area contributed by atoms with Crippen LogP contribution in [0.1, 0.15) is 0 Å². The molecule has 150 valence electrons. The molecule has 0 saturated heterocycles.